The maximum absolute atomic E-state index is 12.1. The number of carbonyl (C=O) groups is 1. The molecule has 1 saturated heterocycles. The standard InChI is InChI=1S/C14H20N2O/c1-15(13-8-4-2-5-9-13)12-14(17)16-10-6-3-7-11-16/h2,4-5,8-9H,3,6-7,10-12H2,1H3. The molecule has 1 aliphatic rings. The highest BCUT2D eigenvalue weighted by Gasteiger charge is 2.17. The first-order valence-electron chi connectivity index (χ1n) is 6.31. The molecule has 92 valence electrons. The van der Waals surface area contributed by atoms with Crippen LogP contribution in [0.5, 0.6) is 0 Å². The van der Waals surface area contributed by atoms with Gasteiger partial charge in [-0.05, 0) is 31.4 Å². The number of benzene rings is 1. The summed E-state index contributed by atoms with van der Waals surface area (Å²) in [6.07, 6.45) is 3.57. The van der Waals surface area contributed by atoms with Crippen LogP contribution in [0.1, 0.15) is 19.3 Å². The summed E-state index contributed by atoms with van der Waals surface area (Å²) in [6, 6.07) is 10.0. The molecule has 1 heterocycles. The zero-order chi connectivity index (χ0) is 12.1. The van der Waals surface area contributed by atoms with Gasteiger partial charge in [-0.3, -0.25) is 4.79 Å². The highest BCUT2D eigenvalue weighted by Crippen LogP contribution is 2.13. The summed E-state index contributed by atoms with van der Waals surface area (Å²) in [5.74, 6) is 0.246. The molecule has 1 aromatic rings. The third kappa shape index (κ3) is 3.22. The van der Waals surface area contributed by atoms with E-state index in [1.54, 1.807) is 0 Å². The molecule has 0 bridgehead atoms. The summed E-state index contributed by atoms with van der Waals surface area (Å²) in [7, 11) is 1.97. The molecular formula is C14H20N2O. The van der Waals surface area contributed by atoms with Crippen molar-refractivity contribution in [2.75, 3.05) is 31.6 Å². The number of nitrogens with zero attached hydrogens (tertiary/aromatic N) is 2. The lowest BCUT2D eigenvalue weighted by Gasteiger charge is -2.29. The van der Waals surface area contributed by atoms with E-state index < -0.39 is 0 Å². The van der Waals surface area contributed by atoms with E-state index in [-0.39, 0.29) is 5.91 Å². The Labute approximate surface area is 103 Å². The van der Waals surface area contributed by atoms with Crippen molar-refractivity contribution in [3.8, 4) is 0 Å². The van der Waals surface area contributed by atoms with Gasteiger partial charge in [0.05, 0.1) is 6.54 Å². The number of anilines is 1. The number of para-hydroxylation sites is 1. The molecular weight excluding hydrogens is 212 g/mol. The van der Waals surface area contributed by atoms with Crippen molar-refractivity contribution in [3.63, 3.8) is 0 Å². The molecule has 0 unspecified atom stereocenters. The second-order valence-corrected chi connectivity index (χ2v) is 4.63. The fourth-order valence-corrected chi connectivity index (χ4v) is 2.22. The van der Waals surface area contributed by atoms with Gasteiger partial charge in [0.2, 0.25) is 5.91 Å². The lowest BCUT2D eigenvalue weighted by atomic mass is 10.1. The molecule has 0 aromatic heterocycles. The number of likely N-dealkylation sites (tertiary alicyclic amines) is 1. The van der Waals surface area contributed by atoms with Crippen LogP contribution in [0.3, 0.4) is 0 Å². The predicted octanol–water partition coefficient (Wildman–Crippen LogP) is 2.14. The summed E-state index contributed by atoms with van der Waals surface area (Å²) in [5, 5.41) is 0. The lowest BCUT2D eigenvalue weighted by molar-refractivity contribution is -0.130. The number of carbonyl (C=O) groups excluding carboxylic acids is 1. The SMILES string of the molecule is CN(CC(=O)N1CCCCC1)c1ccccc1. The highest BCUT2D eigenvalue weighted by molar-refractivity contribution is 5.81. The van der Waals surface area contributed by atoms with E-state index >= 15 is 0 Å². The second-order valence-electron chi connectivity index (χ2n) is 4.63. The first kappa shape index (κ1) is 12.0. The molecule has 3 nitrogen and oxygen atoms in total. The molecule has 1 aliphatic heterocycles. The molecule has 2 rings (SSSR count). The second kappa shape index (κ2) is 5.71. The molecule has 0 radical (unpaired) electrons. The minimum Gasteiger partial charge on any atom is -0.365 e. The number of piperidine rings is 1. The van der Waals surface area contributed by atoms with Crippen LogP contribution in [0.25, 0.3) is 0 Å². The molecule has 0 spiro atoms. The van der Waals surface area contributed by atoms with E-state index in [4.69, 9.17) is 0 Å². The van der Waals surface area contributed by atoms with Crippen LogP contribution in [0.2, 0.25) is 0 Å². The summed E-state index contributed by atoms with van der Waals surface area (Å²) in [6.45, 7) is 2.34. The van der Waals surface area contributed by atoms with Crippen LogP contribution < -0.4 is 4.90 Å². The van der Waals surface area contributed by atoms with Crippen LogP contribution in [-0.2, 0) is 4.79 Å². The zero-order valence-electron chi connectivity index (χ0n) is 10.4. The Morgan fingerprint density at radius 3 is 2.47 bits per heavy atom. The molecule has 17 heavy (non-hydrogen) atoms. The zero-order valence-corrected chi connectivity index (χ0v) is 10.4. The number of rotatable bonds is 3. The average molecular weight is 232 g/mol. The van der Waals surface area contributed by atoms with E-state index in [1.165, 1.54) is 6.42 Å². The topological polar surface area (TPSA) is 23.6 Å². The summed E-state index contributed by atoms with van der Waals surface area (Å²) in [5.41, 5.74) is 1.10. The molecule has 0 atom stereocenters. The normalized spacial score (nSPS) is 15.7. The molecule has 3 heteroatoms. The summed E-state index contributed by atoms with van der Waals surface area (Å²) >= 11 is 0. The number of amides is 1. The number of hydrogen-bond acceptors (Lipinski definition) is 2. The first-order chi connectivity index (χ1) is 8.27. The first-order valence-corrected chi connectivity index (χ1v) is 6.31. The van der Waals surface area contributed by atoms with Gasteiger partial charge in [-0.2, -0.15) is 0 Å². The smallest absolute Gasteiger partial charge is 0.242 e. The Morgan fingerprint density at radius 2 is 1.82 bits per heavy atom. The van der Waals surface area contributed by atoms with E-state index in [2.05, 4.69) is 0 Å². The third-order valence-electron chi connectivity index (χ3n) is 3.28. The van der Waals surface area contributed by atoms with Crippen molar-refractivity contribution in [2.45, 2.75) is 19.3 Å². The fraction of sp³-hybridized carbons (Fsp3) is 0.500. The van der Waals surface area contributed by atoms with Gasteiger partial charge in [-0.15, -0.1) is 0 Å². The van der Waals surface area contributed by atoms with Crippen molar-refractivity contribution in [1.29, 1.82) is 0 Å². The van der Waals surface area contributed by atoms with E-state index in [1.807, 2.05) is 47.2 Å². The van der Waals surface area contributed by atoms with E-state index in [9.17, 15) is 4.79 Å². The van der Waals surface area contributed by atoms with Crippen LogP contribution in [0.4, 0.5) is 5.69 Å². The van der Waals surface area contributed by atoms with Gasteiger partial charge < -0.3 is 9.80 Å². The van der Waals surface area contributed by atoms with Crippen molar-refractivity contribution in [1.82, 2.24) is 4.90 Å². The van der Waals surface area contributed by atoms with Crippen LogP contribution in [0.15, 0.2) is 30.3 Å². The quantitative estimate of drug-likeness (QED) is 0.797. The number of hydrogen-bond donors (Lipinski definition) is 0. The Hall–Kier alpha value is -1.51. The maximum Gasteiger partial charge on any atom is 0.242 e. The van der Waals surface area contributed by atoms with Crippen LogP contribution in [0, 0.1) is 0 Å². The molecule has 1 aromatic carbocycles. The van der Waals surface area contributed by atoms with Gasteiger partial charge in [0.15, 0.2) is 0 Å². The molecule has 1 fully saturated rings. The third-order valence-corrected chi connectivity index (χ3v) is 3.28. The number of likely N-dealkylation sites (N-methyl/N-ethyl adjacent to an activating group) is 1. The van der Waals surface area contributed by atoms with Gasteiger partial charge in [-0.1, -0.05) is 18.2 Å². The fourth-order valence-electron chi connectivity index (χ4n) is 2.22. The van der Waals surface area contributed by atoms with Crippen molar-refractivity contribution < 1.29 is 4.79 Å². The van der Waals surface area contributed by atoms with Gasteiger partial charge >= 0.3 is 0 Å². The van der Waals surface area contributed by atoms with Crippen molar-refractivity contribution >= 4 is 11.6 Å². The lowest BCUT2D eigenvalue weighted by Crippen LogP contribution is -2.41. The Morgan fingerprint density at radius 1 is 1.18 bits per heavy atom. The molecule has 0 N–H and O–H groups in total. The molecule has 1 amide bonds. The van der Waals surface area contributed by atoms with Crippen molar-refractivity contribution in [2.24, 2.45) is 0 Å². The van der Waals surface area contributed by atoms with Gasteiger partial charge in [-0.25, -0.2) is 0 Å². The van der Waals surface area contributed by atoms with Crippen LogP contribution in [-0.4, -0.2) is 37.5 Å². The molecule has 0 aliphatic carbocycles. The minimum atomic E-state index is 0.246. The van der Waals surface area contributed by atoms with Gasteiger partial charge in [0.25, 0.3) is 0 Å². The van der Waals surface area contributed by atoms with Crippen molar-refractivity contribution in [3.05, 3.63) is 30.3 Å². The van der Waals surface area contributed by atoms with E-state index in [0.717, 1.165) is 31.6 Å². The monoisotopic (exact) mass is 232 g/mol. The van der Waals surface area contributed by atoms with Gasteiger partial charge in [0, 0.05) is 25.8 Å². The summed E-state index contributed by atoms with van der Waals surface area (Å²) < 4.78 is 0. The predicted molar refractivity (Wildman–Crippen MR) is 70.1 cm³/mol. The summed E-state index contributed by atoms with van der Waals surface area (Å²) in [4.78, 5) is 16.1. The van der Waals surface area contributed by atoms with E-state index in [0.29, 0.717) is 6.54 Å². The minimum absolute atomic E-state index is 0.246. The molecule has 0 saturated carbocycles. The average Bonchev–Trinajstić information content (AvgIpc) is 2.40. The Balaban J connectivity index is 1.89. The Bertz CT molecular complexity index is 358. The maximum atomic E-state index is 12.1. The highest BCUT2D eigenvalue weighted by atomic mass is 16.2. The largest absolute Gasteiger partial charge is 0.365 e. The van der Waals surface area contributed by atoms with Crippen LogP contribution >= 0.6 is 0 Å². The Kier molecular flexibility index (Phi) is 4.02. The van der Waals surface area contributed by atoms with Gasteiger partial charge in [0.1, 0.15) is 0 Å².